The first-order chi connectivity index (χ1) is 16.2. The normalized spacial score (nSPS) is 12.6. The molecule has 0 atom stereocenters. The number of benzene rings is 3. The highest BCUT2D eigenvalue weighted by atomic mass is 35.5. The second-order valence-electron chi connectivity index (χ2n) is 7.03. The van der Waals surface area contributed by atoms with E-state index in [1.54, 1.807) is 30.3 Å². The van der Waals surface area contributed by atoms with E-state index in [2.05, 4.69) is 10.0 Å². The highest BCUT2D eigenvalue weighted by Crippen LogP contribution is 2.33. The third-order valence-corrected chi connectivity index (χ3v) is 6.84. The lowest BCUT2D eigenvalue weighted by Crippen LogP contribution is -2.14. The van der Waals surface area contributed by atoms with E-state index in [4.69, 9.17) is 37.4 Å². The van der Waals surface area contributed by atoms with Crippen molar-refractivity contribution in [3.63, 3.8) is 0 Å². The number of sulfonamides is 1. The van der Waals surface area contributed by atoms with Crippen molar-refractivity contribution in [2.45, 2.75) is 4.90 Å². The molecule has 34 heavy (non-hydrogen) atoms. The first kappa shape index (κ1) is 23.7. The smallest absolute Gasteiger partial charge is 0.262 e. The van der Waals surface area contributed by atoms with E-state index in [0.717, 1.165) is 5.56 Å². The average Bonchev–Trinajstić information content (AvgIpc) is 3.27. The number of carbonyl (C=O) groups is 1. The maximum atomic E-state index is 12.8. The van der Waals surface area contributed by atoms with Gasteiger partial charge < -0.3 is 19.5 Å². The number of fused-ring (bicyclic) bond motifs is 1. The van der Waals surface area contributed by atoms with Crippen LogP contribution in [0, 0.1) is 0 Å². The molecule has 176 valence electrons. The molecule has 3 aromatic rings. The minimum atomic E-state index is -4.00. The molecule has 2 N–H and O–H groups in total. The summed E-state index contributed by atoms with van der Waals surface area (Å²) in [6, 6.07) is 13.8. The van der Waals surface area contributed by atoms with Gasteiger partial charge in [0.25, 0.3) is 10.0 Å². The third-order valence-electron chi connectivity index (χ3n) is 4.74. The Morgan fingerprint density at radius 3 is 2.56 bits per heavy atom. The lowest BCUT2D eigenvalue weighted by atomic mass is 10.2. The van der Waals surface area contributed by atoms with Crippen LogP contribution in [0.25, 0.3) is 6.08 Å². The molecule has 0 bridgehead atoms. The molecule has 0 radical (unpaired) electrons. The fourth-order valence-corrected chi connectivity index (χ4v) is 4.54. The van der Waals surface area contributed by atoms with Crippen molar-refractivity contribution in [3.8, 4) is 17.2 Å². The molecule has 1 aliphatic heterocycles. The van der Waals surface area contributed by atoms with Crippen LogP contribution in [0.15, 0.2) is 65.6 Å². The number of methoxy groups -OCH3 is 1. The zero-order valence-corrected chi connectivity index (χ0v) is 20.0. The van der Waals surface area contributed by atoms with Crippen molar-refractivity contribution >= 4 is 56.6 Å². The predicted molar refractivity (Wildman–Crippen MR) is 130 cm³/mol. The summed E-state index contributed by atoms with van der Waals surface area (Å²) < 4.78 is 43.9. The van der Waals surface area contributed by atoms with E-state index in [1.807, 2.05) is 0 Å². The summed E-state index contributed by atoms with van der Waals surface area (Å²) in [4.78, 5) is 12.3. The van der Waals surface area contributed by atoms with E-state index >= 15 is 0 Å². The minimum absolute atomic E-state index is 0.0787. The van der Waals surface area contributed by atoms with Gasteiger partial charge in [-0.05, 0) is 60.2 Å². The van der Waals surface area contributed by atoms with Crippen LogP contribution in [0.1, 0.15) is 5.56 Å². The summed E-state index contributed by atoms with van der Waals surface area (Å²) in [6.07, 6.45) is 2.97. The molecule has 0 spiro atoms. The van der Waals surface area contributed by atoms with E-state index in [9.17, 15) is 13.2 Å². The van der Waals surface area contributed by atoms with E-state index in [-0.39, 0.29) is 33.2 Å². The Bertz CT molecular complexity index is 1390. The van der Waals surface area contributed by atoms with Gasteiger partial charge >= 0.3 is 0 Å². The molecule has 0 fully saturated rings. The molecule has 11 heteroatoms. The number of halogens is 2. The summed E-state index contributed by atoms with van der Waals surface area (Å²) in [5.74, 6) is 1.10. The van der Waals surface area contributed by atoms with Crippen LogP contribution in [0.4, 0.5) is 11.4 Å². The molecule has 1 aliphatic rings. The van der Waals surface area contributed by atoms with Crippen molar-refractivity contribution in [1.82, 2.24) is 0 Å². The number of hydrogen-bond acceptors (Lipinski definition) is 6. The summed E-state index contributed by atoms with van der Waals surface area (Å²) in [7, 11) is -2.60. The first-order valence-corrected chi connectivity index (χ1v) is 12.0. The lowest BCUT2D eigenvalue weighted by Gasteiger charge is -2.14. The number of nitrogens with one attached hydrogen (secondary N) is 2. The standard InChI is InChI=1S/C23H18Cl2N2O6S/c1-31-20-8-4-15(11-19(20)27-34(29,30)16-5-6-17(24)18(25)12-16)26-23(28)9-3-14-2-7-21-22(10-14)33-13-32-21/h2-12,27H,13H2,1H3,(H,26,28). The molecular formula is C23H18Cl2N2O6S. The summed E-state index contributed by atoms with van der Waals surface area (Å²) in [6.45, 7) is 0.164. The fourth-order valence-electron chi connectivity index (χ4n) is 3.09. The molecule has 0 aliphatic carbocycles. The van der Waals surface area contributed by atoms with Crippen molar-refractivity contribution in [3.05, 3.63) is 76.3 Å². The highest BCUT2D eigenvalue weighted by Gasteiger charge is 2.19. The fraction of sp³-hybridized carbons (Fsp3) is 0.0870. The number of anilines is 2. The Morgan fingerprint density at radius 2 is 1.79 bits per heavy atom. The maximum Gasteiger partial charge on any atom is 0.262 e. The molecule has 0 aromatic heterocycles. The molecule has 0 unspecified atom stereocenters. The molecule has 3 aromatic carbocycles. The van der Waals surface area contributed by atoms with Crippen LogP contribution in [0.2, 0.25) is 10.0 Å². The van der Waals surface area contributed by atoms with Crippen LogP contribution in [0.3, 0.4) is 0 Å². The zero-order valence-electron chi connectivity index (χ0n) is 17.7. The monoisotopic (exact) mass is 520 g/mol. The van der Waals surface area contributed by atoms with E-state index < -0.39 is 15.9 Å². The average molecular weight is 521 g/mol. The number of carbonyl (C=O) groups excluding carboxylic acids is 1. The van der Waals surface area contributed by atoms with Gasteiger partial charge in [-0.15, -0.1) is 0 Å². The number of hydrogen-bond donors (Lipinski definition) is 2. The Labute approximate surface area is 206 Å². The van der Waals surface area contributed by atoms with Gasteiger partial charge in [-0.25, -0.2) is 8.42 Å². The van der Waals surface area contributed by atoms with Gasteiger partial charge in [0.15, 0.2) is 11.5 Å². The van der Waals surface area contributed by atoms with Gasteiger partial charge in [0, 0.05) is 11.8 Å². The Hall–Kier alpha value is -3.40. The van der Waals surface area contributed by atoms with Gasteiger partial charge in [-0.1, -0.05) is 29.3 Å². The van der Waals surface area contributed by atoms with Gasteiger partial charge in [0.2, 0.25) is 12.7 Å². The summed E-state index contributed by atoms with van der Waals surface area (Å²) >= 11 is 11.8. The van der Waals surface area contributed by atoms with Crippen LogP contribution >= 0.6 is 23.2 Å². The van der Waals surface area contributed by atoms with Crippen LogP contribution in [-0.4, -0.2) is 28.2 Å². The van der Waals surface area contributed by atoms with E-state index in [0.29, 0.717) is 17.2 Å². The largest absolute Gasteiger partial charge is 0.495 e. The Kier molecular flexibility index (Phi) is 6.87. The number of amides is 1. The molecule has 0 saturated heterocycles. The Balaban J connectivity index is 1.50. The molecule has 8 nitrogen and oxygen atoms in total. The summed E-state index contributed by atoms with van der Waals surface area (Å²) in [5, 5.41) is 3.02. The number of ether oxygens (including phenoxy) is 3. The van der Waals surface area contributed by atoms with Gasteiger partial charge in [-0.2, -0.15) is 0 Å². The quantitative estimate of drug-likeness (QED) is 0.416. The van der Waals surface area contributed by atoms with Crippen LogP contribution < -0.4 is 24.2 Å². The first-order valence-electron chi connectivity index (χ1n) is 9.80. The topological polar surface area (TPSA) is 103 Å². The third kappa shape index (κ3) is 5.39. The summed E-state index contributed by atoms with van der Waals surface area (Å²) in [5.41, 5.74) is 1.24. The highest BCUT2D eigenvalue weighted by molar-refractivity contribution is 7.92. The van der Waals surface area contributed by atoms with Gasteiger partial charge in [-0.3, -0.25) is 9.52 Å². The van der Waals surface area contributed by atoms with Crippen LogP contribution in [0.5, 0.6) is 17.2 Å². The molecular weight excluding hydrogens is 503 g/mol. The lowest BCUT2D eigenvalue weighted by molar-refractivity contribution is -0.111. The molecule has 0 saturated carbocycles. The zero-order chi connectivity index (χ0) is 24.3. The van der Waals surface area contributed by atoms with Crippen molar-refractivity contribution in [2.24, 2.45) is 0 Å². The second-order valence-corrected chi connectivity index (χ2v) is 9.53. The SMILES string of the molecule is COc1ccc(NC(=O)C=Cc2ccc3c(c2)OCO3)cc1NS(=O)(=O)c1ccc(Cl)c(Cl)c1. The predicted octanol–water partition coefficient (Wildman–Crippen LogP) is 5.18. The van der Waals surface area contributed by atoms with Crippen molar-refractivity contribution in [2.75, 3.05) is 23.9 Å². The molecule has 1 amide bonds. The van der Waals surface area contributed by atoms with Crippen LogP contribution in [-0.2, 0) is 14.8 Å². The molecule has 1 heterocycles. The van der Waals surface area contributed by atoms with Crippen molar-refractivity contribution < 1.29 is 27.4 Å². The second kappa shape index (κ2) is 9.84. The number of rotatable bonds is 7. The Morgan fingerprint density at radius 1 is 1.00 bits per heavy atom. The minimum Gasteiger partial charge on any atom is -0.495 e. The van der Waals surface area contributed by atoms with Crippen molar-refractivity contribution in [1.29, 1.82) is 0 Å². The maximum absolute atomic E-state index is 12.8. The van der Waals surface area contributed by atoms with Gasteiger partial charge in [0.1, 0.15) is 5.75 Å². The van der Waals surface area contributed by atoms with Gasteiger partial charge in [0.05, 0.1) is 27.7 Å². The van der Waals surface area contributed by atoms with E-state index in [1.165, 1.54) is 43.5 Å². The molecule has 4 rings (SSSR count).